The monoisotopic (exact) mass is 424 g/mol. The summed E-state index contributed by atoms with van der Waals surface area (Å²) < 4.78 is 5.14. The van der Waals surface area contributed by atoms with Crippen LogP contribution in [0.4, 0.5) is 5.69 Å². The zero-order valence-corrected chi connectivity index (χ0v) is 17.6. The minimum Gasteiger partial charge on any atom is -0.497 e. The lowest BCUT2D eigenvalue weighted by molar-refractivity contribution is -0.133. The van der Waals surface area contributed by atoms with Crippen molar-refractivity contribution in [1.29, 1.82) is 0 Å². The van der Waals surface area contributed by atoms with Gasteiger partial charge in [0.15, 0.2) is 5.78 Å². The molecule has 1 saturated heterocycles. The largest absolute Gasteiger partial charge is 0.497 e. The van der Waals surface area contributed by atoms with E-state index >= 15 is 0 Å². The van der Waals surface area contributed by atoms with E-state index in [1.807, 2.05) is 24.3 Å². The predicted octanol–water partition coefficient (Wildman–Crippen LogP) is 3.62. The lowest BCUT2D eigenvalue weighted by Crippen LogP contribution is -2.42. The second-order valence-corrected chi connectivity index (χ2v) is 8.79. The summed E-state index contributed by atoms with van der Waals surface area (Å²) in [6, 6.07) is 14.8. The number of nitrogens with one attached hydrogen (secondary N) is 1. The molecule has 1 fully saturated rings. The first-order valence-electron chi connectivity index (χ1n) is 10.1. The smallest absolute Gasteiger partial charge is 0.238 e. The number of anilines is 1. The molecule has 0 saturated carbocycles. The summed E-state index contributed by atoms with van der Waals surface area (Å²) in [6.07, 6.45) is 1.45. The molecule has 0 bridgehead atoms. The third-order valence-corrected chi connectivity index (χ3v) is 6.93. The molecule has 0 aliphatic carbocycles. The normalized spacial score (nSPS) is 19.0. The Kier molecular flexibility index (Phi) is 6.08. The predicted molar refractivity (Wildman–Crippen MR) is 116 cm³/mol. The highest BCUT2D eigenvalue weighted by atomic mass is 32.2. The number of piperidine rings is 1. The number of thioether (sulfide) groups is 1. The fourth-order valence-electron chi connectivity index (χ4n) is 3.90. The molecule has 1 N–H and O–H groups in total. The number of hydrogen-bond donors (Lipinski definition) is 1. The molecule has 2 aliphatic rings. The van der Waals surface area contributed by atoms with Crippen molar-refractivity contribution < 1.29 is 19.1 Å². The number of Topliss-reactive ketones (excluding diaryl/α,β-unsaturated/α-hetero) is 1. The second kappa shape index (κ2) is 8.92. The summed E-state index contributed by atoms with van der Waals surface area (Å²) in [5.41, 5.74) is 1.48. The van der Waals surface area contributed by atoms with E-state index in [4.69, 9.17) is 4.74 Å². The van der Waals surface area contributed by atoms with Gasteiger partial charge in [0.2, 0.25) is 11.8 Å². The van der Waals surface area contributed by atoms with Gasteiger partial charge in [-0.05, 0) is 49.2 Å². The molecule has 2 aliphatic heterocycles. The number of methoxy groups -OCH3 is 1. The number of fused-ring (bicyclic) bond motifs is 1. The summed E-state index contributed by atoms with van der Waals surface area (Å²) in [7, 11) is 1.60. The highest BCUT2D eigenvalue weighted by Gasteiger charge is 2.33. The van der Waals surface area contributed by atoms with Crippen molar-refractivity contribution in [3.05, 3.63) is 54.1 Å². The van der Waals surface area contributed by atoms with Gasteiger partial charge >= 0.3 is 0 Å². The summed E-state index contributed by atoms with van der Waals surface area (Å²) >= 11 is 1.44. The molecule has 6 nitrogen and oxygen atoms in total. The molecule has 2 heterocycles. The number of carbonyl (C=O) groups is 3. The van der Waals surface area contributed by atoms with Crippen LogP contribution in [0.1, 0.15) is 29.6 Å². The minimum absolute atomic E-state index is 0.0302. The van der Waals surface area contributed by atoms with E-state index in [9.17, 15) is 14.4 Å². The number of rotatable bonds is 5. The number of amides is 2. The Balaban J connectivity index is 1.31. The van der Waals surface area contributed by atoms with E-state index in [1.54, 1.807) is 36.3 Å². The van der Waals surface area contributed by atoms with E-state index in [2.05, 4.69) is 5.32 Å². The summed E-state index contributed by atoms with van der Waals surface area (Å²) in [5, 5.41) is 2.46. The van der Waals surface area contributed by atoms with Gasteiger partial charge in [-0.15, -0.1) is 11.8 Å². The van der Waals surface area contributed by atoms with Crippen molar-refractivity contribution in [3.8, 4) is 5.75 Å². The molecule has 0 spiro atoms. The maximum atomic E-state index is 12.8. The van der Waals surface area contributed by atoms with E-state index < -0.39 is 5.25 Å². The van der Waals surface area contributed by atoms with Gasteiger partial charge in [0.25, 0.3) is 0 Å². The van der Waals surface area contributed by atoms with Crippen LogP contribution in [-0.4, -0.2) is 47.9 Å². The Bertz CT molecular complexity index is 952. The molecule has 2 aromatic carbocycles. The summed E-state index contributed by atoms with van der Waals surface area (Å²) in [4.78, 5) is 40.7. The SMILES string of the molecule is COc1ccc(C(=O)C2CCN(C(=O)CC3Sc4ccccc4NC3=O)CC2)cc1. The topological polar surface area (TPSA) is 75.7 Å². The van der Waals surface area contributed by atoms with Gasteiger partial charge in [-0.2, -0.15) is 0 Å². The maximum absolute atomic E-state index is 12.8. The molecule has 4 rings (SSSR count). The Labute approximate surface area is 180 Å². The zero-order valence-electron chi connectivity index (χ0n) is 16.8. The van der Waals surface area contributed by atoms with Crippen LogP contribution in [0.5, 0.6) is 5.75 Å². The Morgan fingerprint density at radius 2 is 1.80 bits per heavy atom. The Hall–Kier alpha value is -2.80. The molecular formula is C23H24N2O4S. The molecule has 2 aromatic rings. The lowest BCUT2D eigenvalue weighted by Gasteiger charge is -2.32. The number of benzene rings is 2. The molecule has 30 heavy (non-hydrogen) atoms. The molecule has 156 valence electrons. The number of ketones is 1. The van der Waals surface area contributed by atoms with E-state index in [0.717, 1.165) is 16.3 Å². The molecule has 1 atom stereocenters. The molecule has 2 amide bonds. The van der Waals surface area contributed by atoms with Crippen molar-refractivity contribution in [3.63, 3.8) is 0 Å². The van der Waals surface area contributed by atoms with Crippen LogP contribution in [0, 0.1) is 5.92 Å². The summed E-state index contributed by atoms with van der Waals surface area (Å²) in [6.45, 7) is 1.09. The van der Waals surface area contributed by atoms with Crippen LogP contribution in [-0.2, 0) is 9.59 Å². The second-order valence-electron chi connectivity index (χ2n) is 7.54. The van der Waals surface area contributed by atoms with Crippen molar-refractivity contribution in [1.82, 2.24) is 4.90 Å². The van der Waals surface area contributed by atoms with Crippen molar-refractivity contribution >= 4 is 35.0 Å². The van der Waals surface area contributed by atoms with Crippen LogP contribution in [0.2, 0.25) is 0 Å². The van der Waals surface area contributed by atoms with Crippen molar-refractivity contribution in [2.75, 3.05) is 25.5 Å². The molecule has 1 unspecified atom stereocenters. The van der Waals surface area contributed by atoms with Gasteiger partial charge < -0.3 is 15.0 Å². The van der Waals surface area contributed by atoms with Crippen LogP contribution in [0.3, 0.4) is 0 Å². The van der Waals surface area contributed by atoms with Gasteiger partial charge in [-0.25, -0.2) is 0 Å². The fourth-order valence-corrected chi connectivity index (χ4v) is 5.00. The standard InChI is InChI=1S/C23H24N2O4S/c1-29-17-8-6-15(7-9-17)22(27)16-10-12-25(13-11-16)21(26)14-20-23(28)24-18-4-2-3-5-19(18)30-20/h2-9,16,20H,10-14H2,1H3,(H,24,28). The summed E-state index contributed by atoms with van der Waals surface area (Å²) in [5.74, 6) is 0.596. The van der Waals surface area contributed by atoms with Crippen molar-refractivity contribution in [2.45, 2.75) is 29.4 Å². The average Bonchev–Trinajstić information content (AvgIpc) is 2.79. The highest BCUT2D eigenvalue weighted by Crippen LogP contribution is 2.37. The van der Waals surface area contributed by atoms with Crippen LogP contribution in [0.25, 0.3) is 0 Å². The Morgan fingerprint density at radius 1 is 1.10 bits per heavy atom. The lowest BCUT2D eigenvalue weighted by atomic mass is 9.88. The van der Waals surface area contributed by atoms with Gasteiger partial charge in [0, 0.05) is 35.9 Å². The highest BCUT2D eigenvalue weighted by molar-refractivity contribution is 8.01. The molecular weight excluding hydrogens is 400 g/mol. The minimum atomic E-state index is -0.425. The van der Waals surface area contributed by atoms with Gasteiger partial charge in [-0.3, -0.25) is 14.4 Å². The van der Waals surface area contributed by atoms with E-state index in [0.29, 0.717) is 31.5 Å². The first-order valence-corrected chi connectivity index (χ1v) is 11.0. The molecule has 0 radical (unpaired) electrons. The average molecular weight is 425 g/mol. The van der Waals surface area contributed by atoms with Crippen LogP contribution >= 0.6 is 11.8 Å². The third-order valence-electron chi connectivity index (χ3n) is 5.66. The first kappa shape index (κ1) is 20.5. The van der Waals surface area contributed by atoms with Gasteiger partial charge in [-0.1, -0.05) is 12.1 Å². The van der Waals surface area contributed by atoms with Gasteiger partial charge in [0.05, 0.1) is 18.0 Å². The third kappa shape index (κ3) is 4.36. The number of likely N-dealkylation sites (tertiary alicyclic amines) is 1. The first-order chi connectivity index (χ1) is 14.5. The number of nitrogens with zero attached hydrogens (tertiary/aromatic N) is 1. The molecule has 7 heteroatoms. The fraction of sp³-hybridized carbons (Fsp3) is 0.348. The van der Waals surface area contributed by atoms with Gasteiger partial charge in [0.1, 0.15) is 5.75 Å². The van der Waals surface area contributed by atoms with E-state index in [1.165, 1.54) is 11.8 Å². The van der Waals surface area contributed by atoms with Crippen LogP contribution in [0.15, 0.2) is 53.4 Å². The quantitative estimate of drug-likeness (QED) is 0.742. The Morgan fingerprint density at radius 3 is 2.50 bits per heavy atom. The zero-order chi connectivity index (χ0) is 21.1. The maximum Gasteiger partial charge on any atom is 0.238 e. The number of carbonyl (C=O) groups excluding carboxylic acids is 3. The van der Waals surface area contributed by atoms with Crippen molar-refractivity contribution in [2.24, 2.45) is 5.92 Å². The van der Waals surface area contributed by atoms with E-state index in [-0.39, 0.29) is 29.9 Å². The van der Waals surface area contributed by atoms with Crippen LogP contribution < -0.4 is 10.1 Å². The number of para-hydroxylation sites is 1. The number of hydrogen-bond acceptors (Lipinski definition) is 5. The molecule has 0 aromatic heterocycles. The number of ether oxygens (including phenoxy) is 1.